The zero-order valence-electron chi connectivity index (χ0n) is 11.1. The van der Waals surface area contributed by atoms with Gasteiger partial charge in [-0.15, -0.1) is 0 Å². The predicted octanol–water partition coefficient (Wildman–Crippen LogP) is 2.37. The van der Waals surface area contributed by atoms with Gasteiger partial charge in [-0.05, 0) is 25.7 Å². The Hall–Kier alpha value is -0.570. The first-order valence-corrected chi connectivity index (χ1v) is 6.62. The average Bonchev–Trinajstić information content (AvgIpc) is 2.50. The second-order valence-electron chi connectivity index (χ2n) is 5.23. The van der Waals surface area contributed by atoms with Crippen molar-refractivity contribution in [2.45, 2.75) is 65.6 Å². The number of hydrogen-bond donors (Lipinski definition) is 1. The van der Waals surface area contributed by atoms with Crippen LogP contribution in [0.4, 0.5) is 0 Å². The van der Waals surface area contributed by atoms with Crippen molar-refractivity contribution in [2.75, 3.05) is 6.54 Å². The van der Waals surface area contributed by atoms with E-state index in [1.165, 1.54) is 12.8 Å². The van der Waals surface area contributed by atoms with Crippen LogP contribution in [0.2, 0.25) is 0 Å². The first-order valence-electron chi connectivity index (χ1n) is 6.62. The molecule has 0 aromatic carbocycles. The maximum atomic E-state index is 11.9. The summed E-state index contributed by atoms with van der Waals surface area (Å²) in [4.78, 5) is 13.9. The minimum absolute atomic E-state index is 0.00930. The fraction of sp³-hybridized carbons (Fsp3) is 0.923. The standard InChI is InChI=1S/C13H26N2O/c1-5-12-14-11(4)13(16)15(12)9-7-6-8-10(2)3/h10-12,14H,5-9H2,1-4H3. The van der Waals surface area contributed by atoms with E-state index in [-0.39, 0.29) is 18.1 Å². The summed E-state index contributed by atoms with van der Waals surface area (Å²) in [6.45, 7) is 9.50. The first-order chi connectivity index (χ1) is 7.56. The van der Waals surface area contributed by atoms with Gasteiger partial charge in [0.15, 0.2) is 0 Å². The zero-order chi connectivity index (χ0) is 12.1. The van der Waals surface area contributed by atoms with Crippen LogP contribution in [-0.2, 0) is 4.79 Å². The molecule has 0 saturated carbocycles. The van der Waals surface area contributed by atoms with E-state index in [4.69, 9.17) is 0 Å². The third-order valence-corrected chi connectivity index (χ3v) is 3.29. The predicted molar refractivity (Wildman–Crippen MR) is 67.1 cm³/mol. The van der Waals surface area contributed by atoms with Crippen LogP contribution in [-0.4, -0.2) is 29.6 Å². The van der Waals surface area contributed by atoms with Gasteiger partial charge in [0.2, 0.25) is 5.91 Å². The fourth-order valence-electron chi connectivity index (χ4n) is 2.29. The van der Waals surface area contributed by atoms with Crippen LogP contribution in [0.5, 0.6) is 0 Å². The van der Waals surface area contributed by atoms with E-state index >= 15 is 0 Å². The van der Waals surface area contributed by atoms with Gasteiger partial charge in [-0.3, -0.25) is 10.1 Å². The summed E-state index contributed by atoms with van der Waals surface area (Å²) in [7, 11) is 0. The molecule has 0 aromatic heterocycles. The number of rotatable bonds is 6. The third-order valence-electron chi connectivity index (χ3n) is 3.29. The lowest BCUT2D eigenvalue weighted by Gasteiger charge is -2.23. The maximum absolute atomic E-state index is 11.9. The molecule has 3 nitrogen and oxygen atoms in total. The SMILES string of the molecule is CCC1NC(C)C(=O)N1CCCCC(C)C. The van der Waals surface area contributed by atoms with Crippen LogP contribution < -0.4 is 5.32 Å². The lowest BCUT2D eigenvalue weighted by Crippen LogP contribution is -2.37. The van der Waals surface area contributed by atoms with E-state index in [0.717, 1.165) is 25.3 Å². The zero-order valence-corrected chi connectivity index (χ0v) is 11.1. The molecule has 2 unspecified atom stereocenters. The van der Waals surface area contributed by atoms with Gasteiger partial charge in [-0.2, -0.15) is 0 Å². The summed E-state index contributed by atoms with van der Waals surface area (Å²) in [5.74, 6) is 1.05. The van der Waals surface area contributed by atoms with Gasteiger partial charge in [0.1, 0.15) is 0 Å². The number of amides is 1. The van der Waals surface area contributed by atoms with Crippen LogP contribution >= 0.6 is 0 Å². The van der Waals surface area contributed by atoms with Gasteiger partial charge in [-0.1, -0.05) is 33.6 Å². The van der Waals surface area contributed by atoms with Crippen LogP contribution in [0.3, 0.4) is 0 Å². The van der Waals surface area contributed by atoms with Crippen molar-refractivity contribution in [1.82, 2.24) is 10.2 Å². The van der Waals surface area contributed by atoms with E-state index in [1.807, 2.05) is 11.8 Å². The fourth-order valence-corrected chi connectivity index (χ4v) is 2.29. The lowest BCUT2D eigenvalue weighted by atomic mass is 10.1. The maximum Gasteiger partial charge on any atom is 0.240 e. The van der Waals surface area contributed by atoms with Crippen molar-refractivity contribution in [1.29, 1.82) is 0 Å². The first kappa shape index (κ1) is 13.5. The highest BCUT2D eigenvalue weighted by Gasteiger charge is 2.34. The van der Waals surface area contributed by atoms with Gasteiger partial charge in [0, 0.05) is 6.54 Å². The summed E-state index contributed by atoms with van der Waals surface area (Å²) < 4.78 is 0. The summed E-state index contributed by atoms with van der Waals surface area (Å²) in [5, 5.41) is 3.33. The number of hydrogen-bond acceptors (Lipinski definition) is 2. The van der Waals surface area contributed by atoms with Crippen molar-refractivity contribution in [3.05, 3.63) is 0 Å². The molecule has 94 valence electrons. The second kappa shape index (κ2) is 6.24. The monoisotopic (exact) mass is 226 g/mol. The van der Waals surface area contributed by atoms with E-state index < -0.39 is 0 Å². The Morgan fingerprint density at radius 3 is 2.62 bits per heavy atom. The molecule has 1 saturated heterocycles. The molecule has 1 N–H and O–H groups in total. The van der Waals surface area contributed by atoms with Crippen molar-refractivity contribution >= 4 is 5.91 Å². The molecule has 0 spiro atoms. The molecule has 1 rings (SSSR count). The van der Waals surface area contributed by atoms with E-state index in [0.29, 0.717) is 0 Å². The number of nitrogens with one attached hydrogen (secondary N) is 1. The molecule has 16 heavy (non-hydrogen) atoms. The quantitative estimate of drug-likeness (QED) is 0.705. The van der Waals surface area contributed by atoms with Crippen LogP contribution in [0.25, 0.3) is 0 Å². The van der Waals surface area contributed by atoms with Crippen LogP contribution in [0, 0.1) is 5.92 Å². The molecule has 0 bridgehead atoms. The third kappa shape index (κ3) is 3.48. The molecule has 1 heterocycles. The Morgan fingerprint density at radius 1 is 1.38 bits per heavy atom. The Bertz CT molecular complexity index is 228. The van der Waals surface area contributed by atoms with Crippen LogP contribution in [0.1, 0.15) is 53.4 Å². The largest absolute Gasteiger partial charge is 0.326 e. The number of carbonyl (C=O) groups excluding carboxylic acids is 1. The molecule has 0 aliphatic carbocycles. The summed E-state index contributed by atoms with van der Waals surface area (Å²) in [6.07, 6.45) is 4.89. The van der Waals surface area contributed by atoms with Crippen molar-refractivity contribution in [3.63, 3.8) is 0 Å². The highest BCUT2D eigenvalue weighted by atomic mass is 16.2. The topological polar surface area (TPSA) is 32.3 Å². The molecule has 3 heteroatoms. The minimum atomic E-state index is 0.00930. The summed E-state index contributed by atoms with van der Waals surface area (Å²) in [5.41, 5.74) is 0. The second-order valence-corrected chi connectivity index (χ2v) is 5.23. The minimum Gasteiger partial charge on any atom is -0.326 e. The molecule has 0 radical (unpaired) electrons. The normalized spacial score (nSPS) is 25.8. The number of carbonyl (C=O) groups is 1. The van der Waals surface area contributed by atoms with Gasteiger partial charge in [0.05, 0.1) is 12.2 Å². The van der Waals surface area contributed by atoms with Gasteiger partial charge in [0.25, 0.3) is 0 Å². The summed E-state index contributed by atoms with van der Waals surface area (Å²) in [6, 6.07) is 0.00930. The molecule has 1 aliphatic heterocycles. The molecule has 1 amide bonds. The molecular formula is C13H26N2O. The van der Waals surface area contributed by atoms with Gasteiger partial charge < -0.3 is 4.90 Å². The van der Waals surface area contributed by atoms with E-state index in [2.05, 4.69) is 26.1 Å². The Kier molecular flexibility index (Phi) is 5.26. The molecule has 2 atom stereocenters. The molecular weight excluding hydrogens is 200 g/mol. The Labute approximate surface area is 99.6 Å². The smallest absolute Gasteiger partial charge is 0.240 e. The van der Waals surface area contributed by atoms with Crippen molar-refractivity contribution < 1.29 is 4.79 Å². The molecule has 1 aliphatic rings. The summed E-state index contributed by atoms with van der Waals surface area (Å²) >= 11 is 0. The molecule has 1 fully saturated rings. The Morgan fingerprint density at radius 2 is 2.06 bits per heavy atom. The van der Waals surface area contributed by atoms with Crippen LogP contribution in [0.15, 0.2) is 0 Å². The number of unbranched alkanes of at least 4 members (excludes halogenated alkanes) is 1. The lowest BCUT2D eigenvalue weighted by molar-refractivity contribution is -0.129. The Balaban J connectivity index is 2.31. The highest BCUT2D eigenvalue weighted by molar-refractivity contribution is 5.83. The van der Waals surface area contributed by atoms with Gasteiger partial charge in [-0.25, -0.2) is 0 Å². The van der Waals surface area contributed by atoms with Crippen molar-refractivity contribution in [3.8, 4) is 0 Å². The van der Waals surface area contributed by atoms with Crippen molar-refractivity contribution in [2.24, 2.45) is 5.92 Å². The highest BCUT2D eigenvalue weighted by Crippen LogP contribution is 2.15. The van der Waals surface area contributed by atoms with E-state index in [9.17, 15) is 4.79 Å². The number of nitrogens with zero attached hydrogens (tertiary/aromatic N) is 1. The van der Waals surface area contributed by atoms with E-state index in [1.54, 1.807) is 0 Å². The molecule has 0 aromatic rings. The van der Waals surface area contributed by atoms with Gasteiger partial charge >= 0.3 is 0 Å². The average molecular weight is 226 g/mol.